The third-order valence-corrected chi connectivity index (χ3v) is 7.30. The van der Waals surface area contributed by atoms with Gasteiger partial charge in [-0.3, -0.25) is 14.5 Å². The molecule has 0 atom stereocenters. The van der Waals surface area contributed by atoms with Gasteiger partial charge >= 0.3 is 0 Å². The number of sulfonamides is 1. The molecular weight excluding hydrogens is 468 g/mol. The van der Waals surface area contributed by atoms with Crippen LogP contribution in [0.3, 0.4) is 0 Å². The molecule has 0 saturated carbocycles. The fourth-order valence-electron chi connectivity index (χ4n) is 2.86. The summed E-state index contributed by atoms with van der Waals surface area (Å²) in [7, 11) is -3.71. The fourth-order valence-corrected chi connectivity index (χ4v) is 3.51. The van der Waals surface area contributed by atoms with Crippen LogP contribution in [-0.2, 0) is 20.2 Å². The lowest BCUT2D eigenvalue weighted by Gasteiger charge is -2.24. The lowest BCUT2D eigenvalue weighted by molar-refractivity contribution is -0.120. The smallest absolute Gasteiger partial charge is 0.239 e. The Kier molecular flexibility index (Phi) is 7.39. The molecule has 0 aliphatic rings. The van der Waals surface area contributed by atoms with Crippen molar-refractivity contribution in [2.75, 3.05) is 16.6 Å². The molecule has 2 N–H and O–H groups in total. The van der Waals surface area contributed by atoms with Gasteiger partial charge in [-0.05, 0) is 59.7 Å². The molecule has 10 nitrogen and oxygen atoms in total. The molecule has 1 amide bonds. The number of nitrogens with zero attached hydrogens (tertiary/aromatic N) is 4. The number of hydrogen-bond donors (Lipinski definition) is 2. The molecule has 3 rings (SSSR count). The Morgan fingerprint density at radius 1 is 1.00 bits per heavy atom. The summed E-state index contributed by atoms with van der Waals surface area (Å²) in [5, 5.41) is 2.88. The summed E-state index contributed by atoms with van der Waals surface area (Å²) in [6, 6.07) is 8.77. The van der Waals surface area contributed by atoms with Gasteiger partial charge in [-0.25, -0.2) is 23.4 Å². The maximum Gasteiger partial charge on any atom is 0.239 e. The summed E-state index contributed by atoms with van der Waals surface area (Å²) in [5.74, 6) is 0.0443. The highest BCUT2D eigenvalue weighted by molar-refractivity contribution is 7.94. The second kappa shape index (κ2) is 9.95. The van der Waals surface area contributed by atoms with Crippen LogP contribution in [0, 0.1) is 0 Å². The van der Waals surface area contributed by atoms with E-state index in [1.165, 1.54) is 6.20 Å². The quantitative estimate of drug-likeness (QED) is 0.479. The third-order valence-electron chi connectivity index (χ3n) is 5.24. The summed E-state index contributed by atoms with van der Waals surface area (Å²) in [6.07, 6.45) is 4.61. The van der Waals surface area contributed by atoms with Crippen molar-refractivity contribution in [3.8, 4) is 17.1 Å². The van der Waals surface area contributed by atoms with Crippen molar-refractivity contribution in [2.24, 2.45) is 0 Å². The van der Waals surface area contributed by atoms with Crippen molar-refractivity contribution in [2.45, 2.75) is 51.7 Å². The minimum atomic E-state index is -3.71. The third kappa shape index (κ3) is 6.10. The maximum absolute atomic E-state index is 13.1. The molecule has 0 aliphatic carbocycles. The van der Waals surface area contributed by atoms with Crippen LogP contribution >= 0.6 is 0 Å². The number of ether oxygens (including phenoxy) is 1. The monoisotopic (exact) mass is 498 g/mol. The Morgan fingerprint density at radius 3 is 2.31 bits per heavy atom. The van der Waals surface area contributed by atoms with Crippen LogP contribution in [0.4, 0.5) is 11.6 Å². The highest BCUT2D eigenvalue weighted by Gasteiger charge is 2.33. The predicted octanol–water partition coefficient (Wildman–Crippen LogP) is 3.79. The first kappa shape index (κ1) is 26.0. The van der Waals surface area contributed by atoms with E-state index in [0.717, 1.165) is 5.56 Å². The van der Waals surface area contributed by atoms with Gasteiger partial charge in [0.25, 0.3) is 0 Å². The van der Waals surface area contributed by atoms with E-state index >= 15 is 0 Å². The second-order valence-corrected chi connectivity index (χ2v) is 11.8. The van der Waals surface area contributed by atoms with Crippen LogP contribution in [0.25, 0.3) is 11.3 Å². The average Bonchev–Trinajstić information content (AvgIpc) is 2.79. The van der Waals surface area contributed by atoms with E-state index in [9.17, 15) is 13.2 Å². The van der Waals surface area contributed by atoms with Gasteiger partial charge in [-0.1, -0.05) is 12.1 Å². The van der Waals surface area contributed by atoms with Gasteiger partial charge in [0.1, 0.15) is 0 Å². The van der Waals surface area contributed by atoms with E-state index in [4.69, 9.17) is 4.74 Å². The highest BCUT2D eigenvalue weighted by atomic mass is 32.2. The number of hydrogen-bond acceptors (Lipinski definition) is 8. The largest absolute Gasteiger partial charge is 0.477 e. The zero-order valence-corrected chi connectivity index (χ0v) is 21.5. The predicted molar refractivity (Wildman–Crippen MR) is 135 cm³/mol. The maximum atomic E-state index is 13.1. The zero-order chi connectivity index (χ0) is 25.9. The number of benzene rings is 1. The first-order valence-corrected chi connectivity index (χ1v) is 12.5. The minimum absolute atomic E-state index is 0.0851. The molecule has 2 heterocycles. The van der Waals surface area contributed by atoms with Crippen molar-refractivity contribution in [3.05, 3.63) is 54.6 Å². The Bertz CT molecular complexity index is 1300. The summed E-state index contributed by atoms with van der Waals surface area (Å²) in [4.78, 5) is 30.0. The Morgan fingerprint density at radius 2 is 1.69 bits per heavy atom. The van der Waals surface area contributed by atoms with Gasteiger partial charge in [0.15, 0.2) is 0 Å². The first-order valence-electron chi connectivity index (χ1n) is 11.1. The van der Waals surface area contributed by atoms with E-state index in [1.807, 2.05) is 19.1 Å². The number of carbonyl (C=O) groups excluding carboxylic acids is 1. The Hall–Kier alpha value is -3.60. The molecule has 0 saturated heterocycles. The number of nitrogens with one attached hydrogen (secondary N) is 2. The van der Waals surface area contributed by atoms with Gasteiger partial charge in [-0.2, -0.15) is 0 Å². The Balaban J connectivity index is 1.76. The average molecular weight is 499 g/mol. The van der Waals surface area contributed by atoms with Crippen LogP contribution in [0.15, 0.2) is 48.9 Å². The molecule has 0 fully saturated rings. The standard InChI is InChI=1S/C24H30N6O4S/c1-7-34-20-15-25-14-18(28-20)16-8-10-17(11-9-16)27-21(31)24(5,6)19-12-13-26-22(29-19)30-35(32,33)23(2,3)4/h8-15H,7H2,1-6H3,(H,27,31)(H,26,29,30). The van der Waals surface area contributed by atoms with Crippen molar-refractivity contribution >= 4 is 27.6 Å². The van der Waals surface area contributed by atoms with Crippen LogP contribution in [-0.4, -0.2) is 45.6 Å². The molecule has 0 bridgehead atoms. The molecule has 2 aromatic heterocycles. The summed E-state index contributed by atoms with van der Waals surface area (Å²) >= 11 is 0. The van der Waals surface area contributed by atoms with Gasteiger partial charge in [0.2, 0.25) is 27.8 Å². The van der Waals surface area contributed by atoms with Crippen molar-refractivity contribution in [1.82, 2.24) is 19.9 Å². The highest BCUT2D eigenvalue weighted by Crippen LogP contribution is 2.26. The van der Waals surface area contributed by atoms with Gasteiger partial charge in [0, 0.05) is 17.4 Å². The van der Waals surface area contributed by atoms with Gasteiger partial charge < -0.3 is 10.1 Å². The van der Waals surface area contributed by atoms with Gasteiger partial charge in [-0.15, -0.1) is 0 Å². The normalized spacial score (nSPS) is 12.2. The Labute approximate surface area is 205 Å². The van der Waals surface area contributed by atoms with Crippen molar-refractivity contribution < 1.29 is 17.9 Å². The molecule has 0 radical (unpaired) electrons. The first-order chi connectivity index (χ1) is 16.3. The van der Waals surface area contributed by atoms with Crippen molar-refractivity contribution in [3.63, 3.8) is 0 Å². The van der Waals surface area contributed by atoms with Crippen LogP contribution < -0.4 is 14.8 Å². The summed E-state index contributed by atoms with van der Waals surface area (Å²) in [5.41, 5.74) is 1.36. The molecule has 3 aromatic rings. The number of rotatable bonds is 8. The van der Waals surface area contributed by atoms with E-state index in [2.05, 4.69) is 30.0 Å². The fraction of sp³-hybridized carbons (Fsp3) is 0.375. The number of carbonyl (C=O) groups is 1. The lowest BCUT2D eigenvalue weighted by Crippen LogP contribution is -2.37. The van der Waals surface area contributed by atoms with E-state index < -0.39 is 20.2 Å². The van der Waals surface area contributed by atoms with Crippen LogP contribution in [0.2, 0.25) is 0 Å². The van der Waals surface area contributed by atoms with Crippen LogP contribution in [0.1, 0.15) is 47.2 Å². The van der Waals surface area contributed by atoms with Crippen LogP contribution in [0.5, 0.6) is 5.88 Å². The summed E-state index contributed by atoms with van der Waals surface area (Å²) < 4.78 is 31.7. The molecule has 0 aliphatic heterocycles. The molecule has 0 unspecified atom stereocenters. The molecule has 35 heavy (non-hydrogen) atoms. The second-order valence-electron chi connectivity index (χ2n) is 9.32. The van der Waals surface area contributed by atoms with E-state index in [-0.39, 0.29) is 11.9 Å². The molecule has 11 heteroatoms. The summed E-state index contributed by atoms with van der Waals surface area (Å²) in [6.45, 7) is 10.5. The van der Waals surface area contributed by atoms with E-state index in [1.54, 1.807) is 65.2 Å². The van der Waals surface area contributed by atoms with Crippen molar-refractivity contribution in [1.29, 1.82) is 0 Å². The molecular formula is C24H30N6O4S. The van der Waals surface area contributed by atoms with Gasteiger partial charge in [0.05, 0.1) is 40.6 Å². The number of amides is 1. The molecule has 186 valence electrons. The number of aromatic nitrogens is 4. The minimum Gasteiger partial charge on any atom is -0.477 e. The lowest BCUT2D eigenvalue weighted by atomic mass is 9.88. The zero-order valence-electron chi connectivity index (χ0n) is 20.7. The molecule has 1 aromatic carbocycles. The molecule has 0 spiro atoms. The SMILES string of the molecule is CCOc1cncc(-c2ccc(NC(=O)C(C)(C)c3ccnc(NS(=O)(=O)C(C)(C)C)n3)cc2)n1. The number of anilines is 2. The topological polar surface area (TPSA) is 136 Å². The van der Waals surface area contributed by atoms with E-state index in [0.29, 0.717) is 29.6 Å².